The van der Waals surface area contributed by atoms with Gasteiger partial charge >= 0.3 is 12.0 Å². The van der Waals surface area contributed by atoms with Crippen molar-refractivity contribution >= 4 is 23.6 Å². The van der Waals surface area contributed by atoms with Crippen LogP contribution in [0.1, 0.15) is 65.0 Å². The standard InChI is InChI=1S/C25H34ClN5O3/c1-15(2)20-13-31(19-10-17(11-19)22(32)33)23(34)29-25(20,5)18-7-6-16(21(26)12-18)8-9-24(3,4)14-28-30-27/h6-7,12-13,15,17,19H,8-11,14H2,1-5H3,(H,29,34)(H,32,33)/t17?,19?,25-/m0/s1. The highest BCUT2D eigenvalue weighted by Crippen LogP contribution is 2.41. The van der Waals surface area contributed by atoms with Crippen LogP contribution in [0.2, 0.25) is 5.02 Å². The Labute approximate surface area is 206 Å². The molecule has 1 aromatic carbocycles. The van der Waals surface area contributed by atoms with Gasteiger partial charge in [0, 0.05) is 28.7 Å². The molecule has 0 saturated heterocycles. The number of carbonyl (C=O) groups excluding carboxylic acids is 1. The molecule has 0 radical (unpaired) electrons. The van der Waals surface area contributed by atoms with Gasteiger partial charge in [-0.2, -0.15) is 0 Å². The van der Waals surface area contributed by atoms with E-state index in [2.05, 4.69) is 43.0 Å². The fraction of sp³-hybridized carbons (Fsp3) is 0.600. The number of hydrogen-bond acceptors (Lipinski definition) is 3. The zero-order valence-corrected chi connectivity index (χ0v) is 21.3. The van der Waals surface area contributed by atoms with Gasteiger partial charge in [-0.1, -0.05) is 56.5 Å². The van der Waals surface area contributed by atoms with Gasteiger partial charge in [0.15, 0.2) is 0 Å². The first-order valence-corrected chi connectivity index (χ1v) is 12.1. The third-order valence-electron chi connectivity index (χ3n) is 7.19. The molecule has 0 spiro atoms. The number of aryl methyl sites for hydroxylation is 1. The molecule has 1 atom stereocenters. The first-order valence-electron chi connectivity index (χ1n) is 11.7. The van der Waals surface area contributed by atoms with Gasteiger partial charge in [0.05, 0.1) is 11.5 Å². The Balaban J connectivity index is 1.83. The summed E-state index contributed by atoms with van der Waals surface area (Å²) in [6, 6.07) is 5.62. The Kier molecular flexibility index (Phi) is 7.53. The number of amides is 2. The number of aliphatic carboxylic acids is 1. The van der Waals surface area contributed by atoms with Gasteiger partial charge in [0.1, 0.15) is 0 Å². The molecular weight excluding hydrogens is 454 g/mol. The predicted octanol–water partition coefficient (Wildman–Crippen LogP) is 6.25. The summed E-state index contributed by atoms with van der Waals surface area (Å²) in [5, 5.41) is 16.7. The second-order valence-corrected chi connectivity index (χ2v) is 11.1. The number of halogens is 1. The molecule has 0 aromatic heterocycles. The number of carboxylic acids is 1. The molecule has 0 bridgehead atoms. The molecular formula is C25H34ClN5O3. The van der Waals surface area contributed by atoms with Crippen molar-refractivity contribution in [1.29, 1.82) is 0 Å². The smallest absolute Gasteiger partial charge is 0.322 e. The molecule has 34 heavy (non-hydrogen) atoms. The summed E-state index contributed by atoms with van der Waals surface area (Å²) in [4.78, 5) is 28.8. The molecule has 1 heterocycles. The van der Waals surface area contributed by atoms with Crippen molar-refractivity contribution in [3.05, 3.63) is 56.6 Å². The number of azide groups is 1. The van der Waals surface area contributed by atoms with E-state index in [0.717, 1.165) is 29.5 Å². The largest absolute Gasteiger partial charge is 0.481 e. The Bertz CT molecular complexity index is 1040. The minimum absolute atomic E-state index is 0.0981. The molecule has 0 unspecified atom stereocenters. The summed E-state index contributed by atoms with van der Waals surface area (Å²) in [7, 11) is 0. The lowest BCUT2D eigenvalue weighted by Crippen LogP contribution is -2.59. The molecule has 9 heteroatoms. The number of carboxylic acid groups (broad SMARTS) is 1. The molecule has 8 nitrogen and oxygen atoms in total. The van der Waals surface area contributed by atoms with E-state index in [1.807, 2.05) is 31.3 Å². The second kappa shape index (κ2) is 9.88. The van der Waals surface area contributed by atoms with Crippen LogP contribution < -0.4 is 5.32 Å². The lowest BCUT2D eigenvalue weighted by molar-refractivity contribution is -0.146. The average molecular weight is 488 g/mol. The lowest BCUT2D eigenvalue weighted by Gasteiger charge is -2.47. The molecule has 1 aliphatic carbocycles. The summed E-state index contributed by atoms with van der Waals surface area (Å²) in [5.41, 5.74) is 10.7. The van der Waals surface area contributed by atoms with Crippen molar-refractivity contribution < 1.29 is 14.7 Å². The highest BCUT2D eigenvalue weighted by atomic mass is 35.5. The zero-order valence-electron chi connectivity index (χ0n) is 20.5. The quantitative estimate of drug-likeness (QED) is 0.243. The number of nitrogens with zero attached hydrogens (tertiary/aromatic N) is 4. The van der Waals surface area contributed by atoms with Gasteiger partial charge in [-0.25, -0.2) is 4.79 Å². The third kappa shape index (κ3) is 5.34. The van der Waals surface area contributed by atoms with Crippen LogP contribution in [0.4, 0.5) is 4.79 Å². The van der Waals surface area contributed by atoms with E-state index in [1.54, 1.807) is 4.90 Å². The number of hydrogen-bond donors (Lipinski definition) is 2. The Morgan fingerprint density at radius 2 is 2.09 bits per heavy atom. The number of carbonyl (C=O) groups is 2. The van der Waals surface area contributed by atoms with Crippen molar-refractivity contribution in [3.63, 3.8) is 0 Å². The van der Waals surface area contributed by atoms with Crippen molar-refractivity contribution in [2.75, 3.05) is 6.54 Å². The molecule has 184 valence electrons. The van der Waals surface area contributed by atoms with Crippen molar-refractivity contribution in [2.24, 2.45) is 22.4 Å². The van der Waals surface area contributed by atoms with Gasteiger partial charge in [0.25, 0.3) is 0 Å². The molecule has 2 aliphatic rings. The normalized spacial score (nSPS) is 24.7. The summed E-state index contributed by atoms with van der Waals surface area (Å²) < 4.78 is 0. The number of rotatable bonds is 9. The van der Waals surface area contributed by atoms with E-state index < -0.39 is 11.5 Å². The molecule has 3 rings (SSSR count). The monoisotopic (exact) mass is 487 g/mol. The van der Waals surface area contributed by atoms with E-state index in [1.165, 1.54) is 0 Å². The topological polar surface area (TPSA) is 118 Å². The first-order chi connectivity index (χ1) is 15.9. The van der Waals surface area contributed by atoms with Gasteiger partial charge in [-0.05, 0) is 72.2 Å². The molecule has 1 saturated carbocycles. The number of urea groups is 1. The van der Waals surface area contributed by atoms with Crippen LogP contribution in [0.3, 0.4) is 0 Å². The van der Waals surface area contributed by atoms with Crippen LogP contribution >= 0.6 is 11.6 Å². The van der Waals surface area contributed by atoms with E-state index in [4.69, 9.17) is 17.1 Å². The van der Waals surface area contributed by atoms with Crippen LogP contribution in [-0.4, -0.2) is 34.6 Å². The Morgan fingerprint density at radius 1 is 1.41 bits per heavy atom. The van der Waals surface area contributed by atoms with Gasteiger partial charge in [-0.15, -0.1) is 0 Å². The minimum Gasteiger partial charge on any atom is -0.481 e. The van der Waals surface area contributed by atoms with Crippen LogP contribution in [-0.2, 0) is 16.8 Å². The van der Waals surface area contributed by atoms with Crippen LogP contribution in [0.5, 0.6) is 0 Å². The maximum atomic E-state index is 13.1. The van der Waals surface area contributed by atoms with Crippen molar-refractivity contribution in [3.8, 4) is 0 Å². The summed E-state index contributed by atoms with van der Waals surface area (Å²) in [6.07, 6.45) is 4.43. The third-order valence-corrected chi connectivity index (χ3v) is 7.54. The zero-order chi connectivity index (χ0) is 25.3. The Morgan fingerprint density at radius 3 is 2.65 bits per heavy atom. The maximum absolute atomic E-state index is 13.1. The fourth-order valence-electron chi connectivity index (χ4n) is 4.78. The van der Waals surface area contributed by atoms with E-state index >= 15 is 0 Å². The van der Waals surface area contributed by atoms with Crippen LogP contribution in [0.25, 0.3) is 10.4 Å². The van der Waals surface area contributed by atoms with Gasteiger partial charge in [0.2, 0.25) is 0 Å². The molecule has 2 amide bonds. The molecule has 1 aromatic rings. The molecule has 2 N–H and O–H groups in total. The number of nitrogens with one attached hydrogen (secondary N) is 1. The van der Waals surface area contributed by atoms with Crippen molar-refractivity contribution in [1.82, 2.24) is 10.2 Å². The highest BCUT2D eigenvalue weighted by Gasteiger charge is 2.45. The predicted molar refractivity (Wildman–Crippen MR) is 132 cm³/mol. The summed E-state index contributed by atoms with van der Waals surface area (Å²) >= 11 is 6.68. The van der Waals surface area contributed by atoms with Gasteiger partial charge < -0.3 is 10.4 Å². The second-order valence-electron chi connectivity index (χ2n) is 10.7. The highest BCUT2D eigenvalue weighted by molar-refractivity contribution is 6.31. The van der Waals surface area contributed by atoms with E-state index in [0.29, 0.717) is 24.4 Å². The van der Waals surface area contributed by atoms with E-state index in [9.17, 15) is 14.7 Å². The number of benzene rings is 1. The van der Waals surface area contributed by atoms with E-state index in [-0.39, 0.29) is 29.3 Å². The minimum atomic E-state index is -0.803. The van der Waals surface area contributed by atoms with Gasteiger partial charge in [-0.3, -0.25) is 9.69 Å². The summed E-state index contributed by atoms with van der Waals surface area (Å²) in [6.45, 7) is 10.7. The molecule has 1 fully saturated rings. The maximum Gasteiger partial charge on any atom is 0.322 e. The van der Waals surface area contributed by atoms with Crippen LogP contribution in [0.15, 0.2) is 35.1 Å². The average Bonchev–Trinajstić information content (AvgIpc) is 2.71. The summed E-state index contributed by atoms with van der Waals surface area (Å²) in [5.74, 6) is -1.03. The Hall–Kier alpha value is -2.70. The first kappa shape index (κ1) is 25.9. The van der Waals surface area contributed by atoms with Crippen LogP contribution in [0, 0.1) is 17.3 Å². The lowest BCUT2D eigenvalue weighted by atomic mass is 9.76. The fourth-order valence-corrected chi connectivity index (χ4v) is 5.05. The SMILES string of the molecule is CC(C)C1=CN(C2CC(C(=O)O)C2)C(=O)N[C@@]1(C)c1ccc(CCC(C)(C)CN=[N+]=[N-])c(Cl)c1. The molecule has 1 aliphatic heterocycles. The van der Waals surface area contributed by atoms with Crippen molar-refractivity contribution in [2.45, 2.75) is 71.9 Å².